The predicted octanol–water partition coefficient (Wildman–Crippen LogP) is 5.10. The van der Waals surface area contributed by atoms with Crippen LogP contribution in [-0.4, -0.2) is 37.3 Å². The number of hydrogen-bond donors (Lipinski definition) is 2. The van der Waals surface area contributed by atoms with E-state index in [9.17, 15) is 9.90 Å². The number of aliphatic hydroxyl groups is 1. The molecule has 192 valence electrons. The summed E-state index contributed by atoms with van der Waals surface area (Å²) in [7, 11) is 4.55. The highest BCUT2D eigenvalue weighted by molar-refractivity contribution is 6.31. The summed E-state index contributed by atoms with van der Waals surface area (Å²) in [6.45, 7) is 3.31. The number of hydrogen-bond acceptors (Lipinski definition) is 8. The standard InChI is InChI=1S/C27H26ClN3O6/c1-14-6-23(24(36-5)11-22(14)28)31-26(33)21-10-20-16(13-32)12-29-15(2)25(20)37-27(21)30-17-7-18(34-3)9-19(8-17)35-4/h6-12,32H,13H2,1-5H3,(H,31,33). The van der Waals surface area contributed by atoms with Crippen LogP contribution in [0.3, 0.4) is 0 Å². The average molecular weight is 524 g/mol. The van der Waals surface area contributed by atoms with Gasteiger partial charge in [-0.3, -0.25) is 9.78 Å². The van der Waals surface area contributed by atoms with Crippen molar-refractivity contribution in [1.82, 2.24) is 4.98 Å². The van der Waals surface area contributed by atoms with Crippen molar-refractivity contribution in [3.63, 3.8) is 0 Å². The molecule has 4 rings (SSSR count). The molecule has 0 aliphatic heterocycles. The van der Waals surface area contributed by atoms with Gasteiger partial charge in [-0.15, -0.1) is 0 Å². The van der Waals surface area contributed by atoms with Gasteiger partial charge in [-0.2, -0.15) is 0 Å². The maximum absolute atomic E-state index is 13.6. The first-order valence-electron chi connectivity index (χ1n) is 11.2. The molecule has 0 saturated carbocycles. The third-order valence-corrected chi connectivity index (χ3v) is 6.17. The second-order valence-electron chi connectivity index (χ2n) is 8.17. The van der Waals surface area contributed by atoms with Gasteiger partial charge in [-0.05, 0) is 31.5 Å². The van der Waals surface area contributed by atoms with Crippen molar-refractivity contribution in [2.45, 2.75) is 20.5 Å². The van der Waals surface area contributed by atoms with E-state index in [1.54, 1.807) is 49.5 Å². The third-order valence-electron chi connectivity index (χ3n) is 5.76. The maximum atomic E-state index is 13.6. The highest BCUT2D eigenvalue weighted by Crippen LogP contribution is 2.32. The van der Waals surface area contributed by atoms with Crippen LogP contribution in [-0.2, 0) is 6.61 Å². The summed E-state index contributed by atoms with van der Waals surface area (Å²) in [4.78, 5) is 22.5. The highest BCUT2D eigenvalue weighted by Gasteiger charge is 2.19. The van der Waals surface area contributed by atoms with E-state index in [1.807, 2.05) is 6.92 Å². The van der Waals surface area contributed by atoms with E-state index in [4.69, 9.17) is 30.2 Å². The van der Waals surface area contributed by atoms with Crippen molar-refractivity contribution in [2.24, 2.45) is 4.99 Å². The predicted molar refractivity (Wildman–Crippen MR) is 140 cm³/mol. The van der Waals surface area contributed by atoms with Crippen molar-refractivity contribution in [3.05, 3.63) is 75.6 Å². The van der Waals surface area contributed by atoms with Gasteiger partial charge < -0.3 is 29.1 Å². The summed E-state index contributed by atoms with van der Waals surface area (Å²) in [5.74, 6) is 0.935. The van der Waals surface area contributed by atoms with Crippen LogP contribution in [0.4, 0.5) is 11.4 Å². The lowest BCUT2D eigenvalue weighted by Crippen LogP contribution is -2.22. The van der Waals surface area contributed by atoms with E-state index in [-0.39, 0.29) is 17.7 Å². The van der Waals surface area contributed by atoms with E-state index >= 15 is 0 Å². The van der Waals surface area contributed by atoms with Gasteiger partial charge in [-0.1, -0.05) is 11.6 Å². The molecule has 0 spiro atoms. The molecule has 0 unspecified atom stereocenters. The number of pyridine rings is 1. The van der Waals surface area contributed by atoms with Crippen molar-refractivity contribution in [1.29, 1.82) is 0 Å². The average Bonchev–Trinajstić information content (AvgIpc) is 2.90. The molecule has 0 aliphatic carbocycles. The number of ether oxygens (including phenoxy) is 3. The van der Waals surface area contributed by atoms with Crippen LogP contribution in [0.2, 0.25) is 5.02 Å². The Morgan fingerprint density at radius 3 is 2.38 bits per heavy atom. The first-order chi connectivity index (χ1) is 17.8. The van der Waals surface area contributed by atoms with Gasteiger partial charge in [0.2, 0.25) is 5.55 Å². The van der Waals surface area contributed by atoms with Gasteiger partial charge in [0.15, 0.2) is 5.58 Å². The Morgan fingerprint density at radius 2 is 1.76 bits per heavy atom. The molecule has 9 nitrogen and oxygen atoms in total. The second kappa shape index (κ2) is 10.9. The van der Waals surface area contributed by atoms with E-state index in [2.05, 4.69) is 15.3 Å². The van der Waals surface area contributed by atoms with E-state index in [0.717, 1.165) is 5.56 Å². The minimum Gasteiger partial charge on any atom is -0.497 e. The Balaban J connectivity index is 1.95. The van der Waals surface area contributed by atoms with Crippen molar-refractivity contribution in [3.8, 4) is 17.2 Å². The lowest BCUT2D eigenvalue weighted by Gasteiger charge is -2.13. The van der Waals surface area contributed by atoms with E-state index in [1.165, 1.54) is 21.3 Å². The number of amides is 1. The zero-order valence-electron chi connectivity index (χ0n) is 21.0. The van der Waals surface area contributed by atoms with Crippen molar-refractivity contribution in [2.75, 3.05) is 26.6 Å². The number of fused-ring (bicyclic) bond motifs is 1. The molecule has 4 aromatic rings. The Labute approximate surface area is 218 Å². The molecule has 37 heavy (non-hydrogen) atoms. The molecule has 10 heteroatoms. The van der Waals surface area contributed by atoms with Crippen LogP contribution >= 0.6 is 11.6 Å². The minimum atomic E-state index is -0.502. The number of carbonyl (C=O) groups is 1. The number of carbonyl (C=O) groups excluding carboxylic acids is 1. The molecule has 0 atom stereocenters. The molecule has 2 heterocycles. The van der Waals surface area contributed by atoms with Gasteiger partial charge in [0.05, 0.1) is 45.0 Å². The number of aliphatic hydroxyl groups excluding tert-OH is 1. The summed E-state index contributed by atoms with van der Waals surface area (Å²) < 4.78 is 22.2. The van der Waals surface area contributed by atoms with Gasteiger partial charge in [0.1, 0.15) is 22.8 Å². The fourth-order valence-electron chi connectivity index (χ4n) is 3.75. The van der Waals surface area contributed by atoms with Crippen LogP contribution in [0.1, 0.15) is 27.2 Å². The number of halogens is 1. The number of anilines is 1. The Kier molecular flexibility index (Phi) is 7.66. The van der Waals surface area contributed by atoms with Gasteiger partial charge in [0.25, 0.3) is 5.91 Å². The van der Waals surface area contributed by atoms with Crippen molar-refractivity contribution < 1.29 is 28.5 Å². The summed E-state index contributed by atoms with van der Waals surface area (Å²) >= 11 is 6.22. The van der Waals surface area contributed by atoms with Crippen LogP contribution in [0.5, 0.6) is 17.2 Å². The Morgan fingerprint density at radius 1 is 1.05 bits per heavy atom. The number of benzene rings is 2. The molecular formula is C27H26ClN3O6. The number of nitrogens with zero attached hydrogens (tertiary/aromatic N) is 2. The van der Waals surface area contributed by atoms with Crippen LogP contribution in [0.15, 0.2) is 52.0 Å². The molecule has 2 aromatic heterocycles. The number of rotatable bonds is 7. The van der Waals surface area contributed by atoms with Gasteiger partial charge >= 0.3 is 0 Å². The first-order valence-corrected chi connectivity index (χ1v) is 11.6. The molecule has 0 radical (unpaired) electrons. The van der Waals surface area contributed by atoms with Gasteiger partial charge in [0, 0.05) is 46.4 Å². The Hall–Kier alpha value is -4.08. The Bertz CT molecular complexity index is 1540. The molecule has 2 N–H and O–H groups in total. The number of nitrogens with one attached hydrogen (secondary N) is 1. The summed E-state index contributed by atoms with van der Waals surface area (Å²) in [6, 6.07) is 10.1. The molecule has 0 saturated heterocycles. The molecule has 0 bridgehead atoms. The molecular weight excluding hydrogens is 498 g/mol. The van der Waals surface area contributed by atoms with E-state index < -0.39 is 5.91 Å². The highest BCUT2D eigenvalue weighted by atomic mass is 35.5. The number of methoxy groups -OCH3 is 3. The summed E-state index contributed by atoms with van der Waals surface area (Å²) in [5, 5.41) is 13.8. The van der Waals surface area contributed by atoms with Gasteiger partial charge in [-0.25, -0.2) is 4.99 Å². The monoisotopic (exact) mass is 523 g/mol. The summed E-state index contributed by atoms with van der Waals surface area (Å²) in [6.07, 6.45) is 1.55. The lowest BCUT2D eigenvalue weighted by molar-refractivity contribution is 0.102. The van der Waals surface area contributed by atoms with Crippen LogP contribution < -0.4 is 25.1 Å². The van der Waals surface area contributed by atoms with Crippen molar-refractivity contribution >= 4 is 39.9 Å². The zero-order chi connectivity index (χ0) is 26.7. The normalized spacial score (nSPS) is 11.5. The smallest absolute Gasteiger partial charge is 0.261 e. The second-order valence-corrected chi connectivity index (χ2v) is 8.58. The SMILES string of the molecule is COc1cc(N=c2oc3c(C)ncc(CO)c3cc2C(=O)Nc2cc(C)c(Cl)cc2OC)cc(OC)c1. The fourth-order valence-corrected chi connectivity index (χ4v) is 3.91. The molecule has 0 aliphatic rings. The quantitative estimate of drug-likeness (QED) is 0.346. The number of aryl methyl sites for hydroxylation is 2. The van der Waals surface area contributed by atoms with E-state index in [0.29, 0.717) is 55.9 Å². The molecule has 1 amide bonds. The largest absolute Gasteiger partial charge is 0.497 e. The third kappa shape index (κ3) is 5.37. The lowest BCUT2D eigenvalue weighted by atomic mass is 10.1. The molecule has 0 fully saturated rings. The first kappa shape index (κ1) is 26.0. The van der Waals surface area contributed by atoms with Crippen LogP contribution in [0, 0.1) is 13.8 Å². The minimum absolute atomic E-state index is 0.0324. The topological polar surface area (TPSA) is 115 Å². The fraction of sp³-hybridized carbons (Fsp3) is 0.222. The zero-order valence-corrected chi connectivity index (χ0v) is 21.8. The number of aromatic nitrogens is 1. The maximum Gasteiger partial charge on any atom is 0.261 e. The van der Waals surface area contributed by atoms with Crippen LogP contribution in [0.25, 0.3) is 11.0 Å². The molecule has 2 aromatic carbocycles. The summed E-state index contributed by atoms with van der Waals surface area (Å²) in [5.41, 5.74) is 3.28.